The summed E-state index contributed by atoms with van der Waals surface area (Å²) in [7, 11) is 1.59. The van der Waals surface area contributed by atoms with Crippen molar-refractivity contribution < 1.29 is 9.53 Å². The molecule has 0 spiro atoms. The Balaban J connectivity index is 2.23. The molecule has 1 heterocycles. The predicted octanol–water partition coefficient (Wildman–Crippen LogP) is 3.33. The molecule has 1 aliphatic heterocycles. The Kier molecular flexibility index (Phi) is 4.27. The maximum Gasteiger partial charge on any atom is 0.258 e. The molecule has 0 aliphatic carbocycles. The van der Waals surface area contributed by atoms with Crippen LogP contribution < -0.4 is 4.74 Å². The summed E-state index contributed by atoms with van der Waals surface area (Å²) < 4.78 is 6.08. The lowest BCUT2D eigenvalue weighted by Crippen LogP contribution is -2.38. The van der Waals surface area contributed by atoms with Crippen LogP contribution in [0.25, 0.3) is 0 Å². The maximum atomic E-state index is 12.5. The zero-order valence-corrected chi connectivity index (χ0v) is 12.4. The number of benzene rings is 1. The third-order valence-electron chi connectivity index (χ3n) is 3.48. The van der Waals surface area contributed by atoms with Crippen LogP contribution in [0.5, 0.6) is 5.75 Å². The number of methoxy groups -OCH3 is 1. The van der Waals surface area contributed by atoms with E-state index < -0.39 is 0 Å². The van der Waals surface area contributed by atoms with Gasteiger partial charge < -0.3 is 9.64 Å². The van der Waals surface area contributed by atoms with Gasteiger partial charge in [-0.3, -0.25) is 4.79 Å². The lowest BCUT2D eigenvalue weighted by molar-refractivity contribution is 0.0693. The number of amides is 1. The molecule has 1 aromatic carbocycles. The Morgan fingerprint density at radius 1 is 1.39 bits per heavy atom. The van der Waals surface area contributed by atoms with E-state index in [0.717, 1.165) is 36.3 Å². The minimum absolute atomic E-state index is 0.0613. The molecule has 1 aliphatic rings. The second kappa shape index (κ2) is 5.74. The molecule has 1 fully saturated rings. The first-order chi connectivity index (χ1) is 8.63. The molecule has 4 heteroatoms. The molecule has 0 bridgehead atoms. The average Bonchev–Trinajstić information content (AvgIpc) is 2.38. The standard InChI is InChI=1S/C14H18BrNO2/c1-10-6-8-16(9-7-10)14(17)13-11(15)4-3-5-12(13)18-2/h3-5,10H,6-9H2,1-2H3. The summed E-state index contributed by atoms with van der Waals surface area (Å²) in [4.78, 5) is 14.4. The quantitative estimate of drug-likeness (QED) is 0.838. The van der Waals surface area contributed by atoms with Crippen LogP contribution >= 0.6 is 15.9 Å². The van der Waals surface area contributed by atoms with E-state index in [2.05, 4.69) is 22.9 Å². The molecule has 2 rings (SSSR count). The largest absolute Gasteiger partial charge is 0.496 e. The van der Waals surface area contributed by atoms with Crippen LogP contribution in [0.15, 0.2) is 22.7 Å². The molecule has 3 nitrogen and oxygen atoms in total. The highest BCUT2D eigenvalue weighted by Crippen LogP contribution is 2.29. The number of halogens is 1. The van der Waals surface area contributed by atoms with E-state index in [9.17, 15) is 4.79 Å². The van der Waals surface area contributed by atoms with Gasteiger partial charge >= 0.3 is 0 Å². The minimum Gasteiger partial charge on any atom is -0.496 e. The molecular formula is C14H18BrNO2. The zero-order chi connectivity index (χ0) is 13.1. The summed E-state index contributed by atoms with van der Waals surface area (Å²) in [5.41, 5.74) is 0.634. The molecule has 0 radical (unpaired) electrons. The van der Waals surface area contributed by atoms with E-state index in [0.29, 0.717) is 11.3 Å². The molecule has 1 aromatic rings. The van der Waals surface area contributed by atoms with Gasteiger partial charge in [0.25, 0.3) is 5.91 Å². The minimum atomic E-state index is 0.0613. The van der Waals surface area contributed by atoms with Crippen LogP contribution in [-0.2, 0) is 0 Å². The van der Waals surface area contributed by atoms with Crippen LogP contribution in [0.2, 0.25) is 0 Å². The Bertz CT molecular complexity index is 439. The number of nitrogens with zero attached hydrogens (tertiary/aromatic N) is 1. The number of ether oxygens (including phenoxy) is 1. The normalized spacial score (nSPS) is 16.7. The number of piperidine rings is 1. The number of carbonyl (C=O) groups is 1. The third-order valence-corrected chi connectivity index (χ3v) is 4.14. The van der Waals surface area contributed by atoms with Gasteiger partial charge in [0.15, 0.2) is 0 Å². The van der Waals surface area contributed by atoms with E-state index in [4.69, 9.17) is 4.74 Å². The van der Waals surface area contributed by atoms with Crippen molar-refractivity contribution >= 4 is 21.8 Å². The Morgan fingerprint density at radius 3 is 2.67 bits per heavy atom. The fourth-order valence-corrected chi connectivity index (χ4v) is 2.77. The first-order valence-electron chi connectivity index (χ1n) is 6.25. The van der Waals surface area contributed by atoms with Crippen LogP contribution in [-0.4, -0.2) is 31.0 Å². The van der Waals surface area contributed by atoms with Crippen molar-refractivity contribution in [1.82, 2.24) is 4.90 Å². The van der Waals surface area contributed by atoms with E-state index in [1.807, 2.05) is 23.1 Å². The predicted molar refractivity (Wildman–Crippen MR) is 75.0 cm³/mol. The van der Waals surface area contributed by atoms with Gasteiger partial charge in [0.1, 0.15) is 5.75 Å². The first kappa shape index (κ1) is 13.4. The number of rotatable bonds is 2. The van der Waals surface area contributed by atoms with Gasteiger partial charge in [-0.15, -0.1) is 0 Å². The van der Waals surface area contributed by atoms with Crippen molar-refractivity contribution in [2.45, 2.75) is 19.8 Å². The van der Waals surface area contributed by atoms with Gasteiger partial charge in [0.05, 0.1) is 12.7 Å². The second-order valence-electron chi connectivity index (χ2n) is 4.79. The SMILES string of the molecule is COc1cccc(Br)c1C(=O)N1CCC(C)CC1. The molecule has 0 unspecified atom stereocenters. The fourth-order valence-electron chi connectivity index (χ4n) is 2.25. The second-order valence-corrected chi connectivity index (χ2v) is 5.65. The van der Waals surface area contributed by atoms with Crippen molar-refractivity contribution in [1.29, 1.82) is 0 Å². The van der Waals surface area contributed by atoms with Gasteiger partial charge in [-0.1, -0.05) is 13.0 Å². The van der Waals surface area contributed by atoms with Crippen LogP contribution in [0.4, 0.5) is 0 Å². The van der Waals surface area contributed by atoms with Gasteiger partial charge in [-0.05, 0) is 46.8 Å². The molecule has 18 heavy (non-hydrogen) atoms. The molecule has 1 amide bonds. The van der Waals surface area contributed by atoms with Crippen LogP contribution in [0.3, 0.4) is 0 Å². The summed E-state index contributed by atoms with van der Waals surface area (Å²) >= 11 is 3.44. The van der Waals surface area contributed by atoms with Crippen molar-refractivity contribution in [3.63, 3.8) is 0 Å². The van der Waals surface area contributed by atoms with Gasteiger partial charge in [-0.25, -0.2) is 0 Å². The van der Waals surface area contributed by atoms with Crippen LogP contribution in [0.1, 0.15) is 30.1 Å². The molecular weight excluding hydrogens is 294 g/mol. The topological polar surface area (TPSA) is 29.5 Å². The van der Waals surface area contributed by atoms with Crippen LogP contribution in [0, 0.1) is 5.92 Å². The highest BCUT2D eigenvalue weighted by atomic mass is 79.9. The highest BCUT2D eigenvalue weighted by Gasteiger charge is 2.25. The molecule has 0 saturated carbocycles. The molecule has 0 aromatic heterocycles. The van der Waals surface area contributed by atoms with E-state index in [1.165, 1.54) is 0 Å². The van der Waals surface area contributed by atoms with E-state index >= 15 is 0 Å². The lowest BCUT2D eigenvalue weighted by atomic mass is 9.98. The van der Waals surface area contributed by atoms with Gasteiger partial charge in [0.2, 0.25) is 0 Å². The molecule has 0 N–H and O–H groups in total. The highest BCUT2D eigenvalue weighted by molar-refractivity contribution is 9.10. The number of hydrogen-bond donors (Lipinski definition) is 0. The summed E-state index contributed by atoms with van der Waals surface area (Å²) in [5, 5.41) is 0. The van der Waals surface area contributed by atoms with E-state index in [-0.39, 0.29) is 5.91 Å². The Labute approximate surface area is 116 Å². The van der Waals surface area contributed by atoms with E-state index in [1.54, 1.807) is 7.11 Å². The van der Waals surface area contributed by atoms with Gasteiger partial charge in [-0.2, -0.15) is 0 Å². The zero-order valence-electron chi connectivity index (χ0n) is 10.8. The van der Waals surface area contributed by atoms with Gasteiger partial charge in [0, 0.05) is 17.6 Å². The Hall–Kier alpha value is -1.03. The van der Waals surface area contributed by atoms with Crippen molar-refractivity contribution in [2.75, 3.05) is 20.2 Å². The monoisotopic (exact) mass is 311 g/mol. The summed E-state index contributed by atoms with van der Waals surface area (Å²) in [6, 6.07) is 5.57. The number of likely N-dealkylation sites (tertiary alicyclic amines) is 1. The molecule has 98 valence electrons. The van der Waals surface area contributed by atoms with Crippen molar-refractivity contribution in [3.8, 4) is 5.75 Å². The molecule has 0 atom stereocenters. The summed E-state index contributed by atoms with van der Waals surface area (Å²) in [5.74, 6) is 1.41. The molecule has 1 saturated heterocycles. The van der Waals surface area contributed by atoms with Crippen molar-refractivity contribution in [2.24, 2.45) is 5.92 Å². The Morgan fingerprint density at radius 2 is 2.06 bits per heavy atom. The maximum absolute atomic E-state index is 12.5. The number of carbonyl (C=O) groups excluding carboxylic acids is 1. The average molecular weight is 312 g/mol. The summed E-state index contributed by atoms with van der Waals surface area (Å²) in [6.45, 7) is 3.91. The number of hydrogen-bond acceptors (Lipinski definition) is 2. The third kappa shape index (κ3) is 2.69. The lowest BCUT2D eigenvalue weighted by Gasteiger charge is -2.31. The summed E-state index contributed by atoms with van der Waals surface area (Å²) in [6.07, 6.45) is 2.16. The first-order valence-corrected chi connectivity index (χ1v) is 7.04. The van der Waals surface area contributed by atoms with Crippen molar-refractivity contribution in [3.05, 3.63) is 28.2 Å². The smallest absolute Gasteiger partial charge is 0.258 e. The fraction of sp³-hybridized carbons (Fsp3) is 0.500.